The van der Waals surface area contributed by atoms with E-state index in [1.54, 1.807) is 10.7 Å². The van der Waals surface area contributed by atoms with Gasteiger partial charge in [0.15, 0.2) is 5.65 Å². The van der Waals surface area contributed by atoms with Crippen molar-refractivity contribution in [3.63, 3.8) is 0 Å². The fraction of sp³-hybridized carbons (Fsp3) is 0.167. The molecule has 168 valence electrons. The highest BCUT2D eigenvalue weighted by atomic mass is 19.1. The molecular weight excluding hydrogens is 428 g/mol. The lowest BCUT2D eigenvalue weighted by Gasteiger charge is -2.13. The molecule has 0 aliphatic rings. The number of nitrogens with zero attached hydrogens (tertiary/aromatic N) is 3. The minimum Gasteiger partial charge on any atom is -0.366 e. The highest BCUT2D eigenvalue weighted by molar-refractivity contribution is 6.13. The summed E-state index contributed by atoms with van der Waals surface area (Å²) < 4.78 is 29.9. The molecule has 0 atom stereocenters. The second-order valence-electron chi connectivity index (χ2n) is 7.92. The number of hydrogen-bond acceptors (Lipinski definition) is 4. The third kappa shape index (κ3) is 4.05. The molecule has 4 rings (SSSR count). The van der Waals surface area contributed by atoms with E-state index >= 15 is 0 Å². The van der Waals surface area contributed by atoms with Crippen LogP contribution in [0.4, 0.5) is 14.5 Å². The summed E-state index contributed by atoms with van der Waals surface area (Å²) in [5.41, 5.74) is 7.28. The van der Waals surface area contributed by atoms with Gasteiger partial charge in [-0.3, -0.25) is 9.59 Å². The molecule has 7 nitrogen and oxygen atoms in total. The van der Waals surface area contributed by atoms with Crippen LogP contribution in [-0.4, -0.2) is 26.6 Å². The SMILES string of the molecule is Cc1ccccc1-c1cc(C(=O)Nc2cc(C(N)=O)c(F)cc2F)c2cnn(C(C)C)c2n1. The van der Waals surface area contributed by atoms with E-state index in [1.165, 1.54) is 6.20 Å². The zero-order valence-electron chi connectivity index (χ0n) is 18.2. The largest absolute Gasteiger partial charge is 0.366 e. The number of primary amides is 1. The maximum atomic E-state index is 14.4. The van der Waals surface area contributed by atoms with Crippen molar-refractivity contribution in [2.75, 3.05) is 5.32 Å². The number of benzene rings is 2. The van der Waals surface area contributed by atoms with Gasteiger partial charge < -0.3 is 11.1 Å². The van der Waals surface area contributed by atoms with Gasteiger partial charge in [-0.15, -0.1) is 0 Å². The Hall–Kier alpha value is -4.14. The maximum absolute atomic E-state index is 14.4. The average molecular weight is 449 g/mol. The van der Waals surface area contributed by atoms with E-state index in [-0.39, 0.29) is 17.3 Å². The van der Waals surface area contributed by atoms with Gasteiger partial charge in [0.25, 0.3) is 11.8 Å². The van der Waals surface area contributed by atoms with Gasteiger partial charge in [-0.2, -0.15) is 5.10 Å². The highest BCUT2D eigenvalue weighted by Crippen LogP contribution is 2.29. The highest BCUT2D eigenvalue weighted by Gasteiger charge is 2.21. The lowest BCUT2D eigenvalue weighted by molar-refractivity contribution is 0.0992. The topological polar surface area (TPSA) is 103 Å². The summed E-state index contributed by atoms with van der Waals surface area (Å²) in [5.74, 6) is -3.88. The first kappa shape index (κ1) is 22.1. The standard InChI is InChI=1S/C24H21F2N5O2/c1-12(2)31-23-17(11-28-31)15(8-20(29-23)14-7-5-4-6-13(14)3)24(33)30-21-9-16(22(27)32)18(25)10-19(21)26/h4-12H,1-3H3,(H2,27,32)(H,30,33). The maximum Gasteiger partial charge on any atom is 0.256 e. The van der Waals surface area contributed by atoms with E-state index in [4.69, 9.17) is 10.7 Å². The number of amides is 2. The quantitative estimate of drug-likeness (QED) is 0.464. The van der Waals surface area contributed by atoms with Crippen LogP contribution in [0.25, 0.3) is 22.3 Å². The van der Waals surface area contributed by atoms with Gasteiger partial charge in [-0.1, -0.05) is 24.3 Å². The van der Waals surface area contributed by atoms with Gasteiger partial charge in [-0.25, -0.2) is 18.4 Å². The molecule has 4 aromatic rings. The summed E-state index contributed by atoms with van der Waals surface area (Å²) in [6.45, 7) is 5.81. The third-order valence-corrected chi connectivity index (χ3v) is 5.29. The van der Waals surface area contributed by atoms with Gasteiger partial charge in [0.2, 0.25) is 0 Å². The number of nitrogens with two attached hydrogens (primary N) is 1. The lowest BCUT2D eigenvalue weighted by atomic mass is 10.0. The first-order valence-corrected chi connectivity index (χ1v) is 10.2. The van der Waals surface area contributed by atoms with Crippen LogP contribution in [0, 0.1) is 18.6 Å². The number of fused-ring (bicyclic) bond motifs is 1. The molecule has 0 aliphatic carbocycles. The van der Waals surface area contributed by atoms with Crippen molar-refractivity contribution >= 4 is 28.5 Å². The Balaban J connectivity index is 1.87. The van der Waals surface area contributed by atoms with E-state index in [0.717, 1.165) is 17.2 Å². The molecule has 2 amide bonds. The van der Waals surface area contributed by atoms with Crippen LogP contribution in [0.3, 0.4) is 0 Å². The molecule has 2 aromatic carbocycles. The van der Waals surface area contributed by atoms with Crippen molar-refractivity contribution in [1.82, 2.24) is 14.8 Å². The van der Waals surface area contributed by atoms with Crippen molar-refractivity contribution in [3.8, 4) is 11.3 Å². The van der Waals surface area contributed by atoms with E-state index < -0.39 is 29.0 Å². The number of carbonyl (C=O) groups excluding carboxylic acids is 2. The fourth-order valence-corrected chi connectivity index (χ4v) is 3.61. The lowest BCUT2D eigenvalue weighted by Crippen LogP contribution is -2.17. The van der Waals surface area contributed by atoms with Crippen LogP contribution in [0.15, 0.2) is 48.7 Å². The third-order valence-electron chi connectivity index (χ3n) is 5.29. The minimum atomic E-state index is -1.11. The molecule has 2 heterocycles. The number of aryl methyl sites for hydroxylation is 1. The Morgan fingerprint density at radius 3 is 2.45 bits per heavy atom. The minimum absolute atomic E-state index is 0.0225. The summed E-state index contributed by atoms with van der Waals surface area (Å²) in [4.78, 5) is 29.4. The van der Waals surface area contributed by atoms with Crippen molar-refractivity contribution < 1.29 is 18.4 Å². The molecular formula is C24H21F2N5O2. The first-order chi connectivity index (χ1) is 15.7. The van der Waals surface area contributed by atoms with Crippen LogP contribution in [-0.2, 0) is 0 Å². The summed E-state index contributed by atoms with van der Waals surface area (Å²) in [6, 6.07) is 10.6. The number of halogens is 2. The van der Waals surface area contributed by atoms with Crippen molar-refractivity contribution in [2.24, 2.45) is 5.73 Å². The van der Waals surface area contributed by atoms with Gasteiger partial charge >= 0.3 is 0 Å². The van der Waals surface area contributed by atoms with Gasteiger partial charge in [0.1, 0.15) is 11.6 Å². The normalized spacial score (nSPS) is 11.2. The van der Waals surface area contributed by atoms with Crippen LogP contribution < -0.4 is 11.1 Å². The number of pyridine rings is 1. The molecule has 0 spiro atoms. The first-order valence-electron chi connectivity index (χ1n) is 10.2. The van der Waals surface area contributed by atoms with Crippen LogP contribution >= 0.6 is 0 Å². The Kier molecular flexibility index (Phi) is 5.63. The summed E-state index contributed by atoms with van der Waals surface area (Å²) in [5, 5.41) is 7.25. The number of anilines is 1. The van der Waals surface area contributed by atoms with Gasteiger partial charge in [-0.05, 0) is 38.5 Å². The van der Waals surface area contributed by atoms with Crippen LogP contribution in [0.5, 0.6) is 0 Å². The molecule has 0 aliphatic heterocycles. The van der Waals surface area contributed by atoms with Crippen LogP contribution in [0.2, 0.25) is 0 Å². The fourth-order valence-electron chi connectivity index (χ4n) is 3.61. The van der Waals surface area contributed by atoms with Crippen molar-refractivity contribution in [2.45, 2.75) is 26.8 Å². The average Bonchev–Trinajstić information content (AvgIpc) is 3.19. The van der Waals surface area contributed by atoms with E-state index in [9.17, 15) is 18.4 Å². The molecule has 33 heavy (non-hydrogen) atoms. The Morgan fingerprint density at radius 2 is 1.79 bits per heavy atom. The Bertz CT molecular complexity index is 1410. The van der Waals surface area contributed by atoms with Crippen LogP contribution in [0.1, 0.15) is 46.2 Å². The number of aromatic nitrogens is 3. The van der Waals surface area contributed by atoms with E-state index in [0.29, 0.717) is 22.8 Å². The Labute approximate surface area is 188 Å². The predicted molar refractivity (Wildman–Crippen MR) is 121 cm³/mol. The second-order valence-corrected chi connectivity index (χ2v) is 7.92. The molecule has 0 saturated heterocycles. The predicted octanol–water partition coefficient (Wildman–Crippen LogP) is 4.62. The van der Waals surface area contributed by atoms with Crippen molar-refractivity contribution in [3.05, 3.63) is 77.0 Å². The molecule has 0 unspecified atom stereocenters. The summed E-state index contributed by atoms with van der Waals surface area (Å²) >= 11 is 0. The molecule has 0 fully saturated rings. The number of rotatable bonds is 5. The Morgan fingerprint density at radius 1 is 1.06 bits per heavy atom. The summed E-state index contributed by atoms with van der Waals surface area (Å²) in [7, 11) is 0. The second kappa shape index (κ2) is 8.42. The molecule has 9 heteroatoms. The van der Waals surface area contributed by atoms with Crippen molar-refractivity contribution in [1.29, 1.82) is 0 Å². The number of carbonyl (C=O) groups is 2. The monoisotopic (exact) mass is 449 g/mol. The summed E-state index contributed by atoms with van der Waals surface area (Å²) in [6.07, 6.45) is 1.52. The van der Waals surface area contributed by atoms with Gasteiger partial charge in [0, 0.05) is 17.7 Å². The van der Waals surface area contributed by atoms with E-state index in [1.807, 2.05) is 45.0 Å². The number of nitrogens with one attached hydrogen (secondary N) is 1. The number of hydrogen-bond donors (Lipinski definition) is 2. The molecule has 2 aromatic heterocycles. The zero-order valence-corrected chi connectivity index (χ0v) is 18.2. The smallest absolute Gasteiger partial charge is 0.256 e. The molecule has 3 N–H and O–H groups in total. The van der Waals surface area contributed by atoms with Gasteiger partial charge in [0.05, 0.1) is 34.1 Å². The molecule has 0 radical (unpaired) electrons. The molecule has 0 saturated carbocycles. The molecule has 0 bridgehead atoms. The zero-order chi connectivity index (χ0) is 23.9. The van der Waals surface area contributed by atoms with E-state index in [2.05, 4.69) is 10.4 Å².